The van der Waals surface area contributed by atoms with E-state index >= 15 is 0 Å². The molecule has 0 aliphatic carbocycles. The second-order valence-corrected chi connectivity index (χ2v) is 5.08. The van der Waals surface area contributed by atoms with E-state index in [4.69, 9.17) is 0 Å². The van der Waals surface area contributed by atoms with Crippen LogP contribution in [0.25, 0.3) is 0 Å². The van der Waals surface area contributed by atoms with Crippen LogP contribution in [-0.4, -0.2) is 18.4 Å². The van der Waals surface area contributed by atoms with Gasteiger partial charge in [-0.15, -0.1) is 0 Å². The zero-order valence-corrected chi connectivity index (χ0v) is 12.6. The first-order valence-electron chi connectivity index (χ1n) is 7.31. The third kappa shape index (κ3) is 4.74. The van der Waals surface area contributed by atoms with Gasteiger partial charge in [0.05, 0.1) is 0 Å². The zero-order valence-electron chi connectivity index (χ0n) is 12.6. The first-order chi connectivity index (χ1) is 10.7. The highest BCUT2D eigenvalue weighted by Crippen LogP contribution is 2.06. The maximum absolute atomic E-state index is 11.8. The molecule has 2 aromatic rings. The Hall–Kier alpha value is -2.62. The number of amides is 2. The predicted molar refractivity (Wildman–Crippen MR) is 86.4 cm³/mol. The molecule has 0 atom stereocenters. The summed E-state index contributed by atoms with van der Waals surface area (Å²) in [6.45, 7) is 2.85. The quantitative estimate of drug-likeness (QED) is 0.860. The lowest BCUT2D eigenvalue weighted by Gasteiger charge is -2.08. The molecule has 0 fully saturated rings. The van der Waals surface area contributed by atoms with Gasteiger partial charge in [0.1, 0.15) is 0 Å². The molecule has 0 unspecified atom stereocenters. The Labute approximate surface area is 130 Å². The lowest BCUT2D eigenvalue weighted by Crippen LogP contribution is -2.30. The number of hydrogen-bond acceptors (Lipinski definition) is 2. The first-order valence-corrected chi connectivity index (χ1v) is 7.31. The van der Waals surface area contributed by atoms with Gasteiger partial charge in [-0.2, -0.15) is 0 Å². The van der Waals surface area contributed by atoms with E-state index in [1.165, 1.54) is 0 Å². The third-order valence-electron chi connectivity index (χ3n) is 3.41. The number of carbonyl (C=O) groups excluding carboxylic acids is 2. The van der Waals surface area contributed by atoms with Gasteiger partial charge in [-0.05, 0) is 30.2 Å². The fraction of sp³-hybridized carbons (Fsp3) is 0.222. The summed E-state index contributed by atoms with van der Waals surface area (Å²) >= 11 is 0. The molecule has 2 aromatic carbocycles. The van der Waals surface area contributed by atoms with Gasteiger partial charge in [0.25, 0.3) is 5.91 Å². The second-order valence-electron chi connectivity index (χ2n) is 5.08. The Bertz CT molecular complexity index is 639. The van der Waals surface area contributed by atoms with Crippen molar-refractivity contribution in [3.05, 3.63) is 71.3 Å². The highest BCUT2D eigenvalue weighted by molar-refractivity contribution is 5.94. The molecule has 2 rings (SSSR count). The van der Waals surface area contributed by atoms with E-state index in [2.05, 4.69) is 10.6 Å². The minimum atomic E-state index is -0.160. The summed E-state index contributed by atoms with van der Waals surface area (Å²) in [5, 5.41) is 5.60. The fourth-order valence-electron chi connectivity index (χ4n) is 2.07. The second kappa shape index (κ2) is 7.98. The lowest BCUT2D eigenvalue weighted by atomic mass is 10.1. The average Bonchev–Trinajstić information content (AvgIpc) is 2.55. The maximum Gasteiger partial charge on any atom is 0.251 e. The number of nitrogens with one attached hydrogen (secondary N) is 2. The first kappa shape index (κ1) is 15.8. The third-order valence-corrected chi connectivity index (χ3v) is 3.41. The molecule has 0 heterocycles. The van der Waals surface area contributed by atoms with Gasteiger partial charge >= 0.3 is 0 Å². The molecule has 2 N–H and O–H groups in total. The summed E-state index contributed by atoms with van der Waals surface area (Å²) in [4.78, 5) is 23.6. The summed E-state index contributed by atoms with van der Waals surface area (Å²) in [5.41, 5.74) is 2.85. The zero-order chi connectivity index (χ0) is 15.8. The topological polar surface area (TPSA) is 58.2 Å². The molecule has 0 aliphatic rings. The molecule has 0 bridgehead atoms. The number of benzene rings is 2. The summed E-state index contributed by atoms with van der Waals surface area (Å²) in [7, 11) is 0. The van der Waals surface area contributed by atoms with Crippen molar-refractivity contribution in [3.63, 3.8) is 0 Å². The number of rotatable bonds is 6. The molecule has 4 heteroatoms. The molecular formula is C18H20N2O2. The van der Waals surface area contributed by atoms with Crippen LogP contribution in [0.5, 0.6) is 0 Å². The molecule has 0 saturated carbocycles. The van der Waals surface area contributed by atoms with Crippen LogP contribution in [0.2, 0.25) is 0 Å². The van der Waals surface area contributed by atoms with Crippen LogP contribution in [0.1, 0.15) is 27.9 Å². The van der Waals surface area contributed by atoms with Crippen LogP contribution in [0.15, 0.2) is 54.6 Å². The standard InChI is InChI=1S/C18H20N2O2/c1-14-7-5-6-10-16(14)13-20-17(21)11-12-19-18(22)15-8-3-2-4-9-15/h2-10H,11-13H2,1H3,(H,19,22)(H,20,21). The molecule has 22 heavy (non-hydrogen) atoms. The smallest absolute Gasteiger partial charge is 0.251 e. The molecule has 0 spiro atoms. The van der Waals surface area contributed by atoms with Gasteiger partial charge in [-0.3, -0.25) is 9.59 Å². The molecule has 4 nitrogen and oxygen atoms in total. The molecule has 0 aliphatic heterocycles. The van der Waals surface area contributed by atoms with Crippen LogP contribution < -0.4 is 10.6 Å². The Morgan fingerprint density at radius 3 is 2.32 bits per heavy atom. The molecule has 0 radical (unpaired) electrons. The Balaban J connectivity index is 1.70. The van der Waals surface area contributed by atoms with Crippen LogP contribution in [0.3, 0.4) is 0 Å². The molecule has 0 saturated heterocycles. The van der Waals surface area contributed by atoms with Gasteiger partial charge in [0, 0.05) is 25.1 Å². The molecule has 2 amide bonds. The van der Waals surface area contributed by atoms with Crippen molar-refractivity contribution in [2.45, 2.75) is 19.9 Å². The molecule has 0 aromatic heterocycles. The Morgan fingerprint density at radius 1 is 0.909 bits per heavy atom. The monoisotopic (exact) mass is 296 g/mol. The largest absolute Gasteiger partial charge is 0.352 e. The van der Waals surface area contributed by atoms with Crippen molar-refractivity contribution in [3.8, 4) is 0 Å². The van der Waals surface area contributed by atoms with Gasteiger partial charge in [-0.1, -0.05) is 42.5 Å². The number of hydrogen-bond donors (Lipinski definition) is 2. The van der Waals surface area contributed by atoms with Gasteiger partial charge in [-0.25, -0.2) is 0 Å². The van der Waals surface area contributed by atoms with Crippen LogP contribution >= 0.6 is 0 Å². The molecular weight excluding hydrogens is 276 g/mol. The van der Waals surface area contributed by atoms with Crippen molar-refractivity contribution < 1.29 is 9.59 Å². The predicted octanol–water partition coefficient (Wildman–Crippen LogP) is 2.43. The lowest BCUT2D eigenvalue weighted by molar-refractivity contribution is -0.121. The summed E-state index contributed by atoms with van der Waals surface area (Å²) in [5.74, 6) is -0.232. The Morgan fingerprint density at radius 2 is 1.59 bits per heavy atom. The Kier molecular flexibility index (Phi) is 5.72. The number of aryl methyl sites for hydroxylation is 1. The SMILES string of the molecule is Cc1ccccc1CNC(=O)CCNC(=O)c1ccccc1. The van der Waals surface area contributed by atoms with E-state index in [9.17, 15) is 9.59 Å². The summed E-state index contributed by atoms with van der Waals surface area (Å²) in [6.07, 6.45) is 0.268. The minimum Gasteiger partial charge on any atom is -0.352 e. The van der Waals surface area contributed by atoms with Crippen LogP contribution in [0.4, 0.5) is 0 Å². The van der Waals surface area contributed by atoms with Crippen LogP contribution in [0, 0.1) is 6.92 Å². The van der Waals surface area contributed by atoms with E-state index in [-0.39, 0.29) is 18.2 Å². The summed E-state index contributed by atoms with van der Waals surface area (Å²) < 4.78 is 0. The van der Waals surface area contributed by atoms with Crippen molar-refractivity contribution in [1.29, 1.82) is 0 Å². The number of carbonyl (C=O) groups is 2. The van der Waals surface area contributed by atoms with Crippen molar-refractivity contribution >= 4 is 11.8 Å². The highest BCUT2D eigenvalue weighted by Gasteiger charge is 2.06. The maximum atomic E-state index is 11.8. The van der Waals surface area contributed by atoms with E-state index in [1.54, 1.807) is 12.1 Å². The summed E-state index contributed by atoms with van der Waals surface area (Å²) in [6, 6.07) is 16.9. The van der Waals surface area contributed by atoms with E-state index < -0.39 is 0 Å². The highest BCUT2D eigenvalue weighted by atomic mass is 16.2. The molecule has 114 valence electrons. The van der Waals surface area contributed by atoms with Crippen molar-refractivity contribution in [2.24, 2.45) is 0 Å². The van der Waals surface area contributed by atoms with Gasteiger partial charge in [0.2, 0.25) is 5.91 Å². The van der Waals surface area contributed by atoms with E-state index in [0.29, 0.717) is 18.7 Å². The fourth-order valence-corrected chi connectivity index (χ4v) is 2.07. The average molecular weight is 296 g/mol. The van der Waals surface area contributed by atoms with Crippen molar-refractivity contribution in [2.75, 3.05) is 6.54 Å². The van der Waals surface area contributed by atoms with E-state index in [1.807, 2.05) is 49.4 Å². The van der Waals surface area contributed by atoms with Crippen LogP contribution in [-0.2, 0) is 11.3 Å². The van der Waals surface area contributed by atoms with Crippen molar-refractivity contribution in [1.82, 2.24) is 10.6 Å². The normalized spacial score (nSPS) is 10.0. The van der Waals surface area contributed by atoms with Gasteiger partial charge < -0.3 is 10.6 Å². The van der Waals surface area contributed by atoms with Gasteiger partial charge in [0.15, 0.2) is 0 Å². The van der Waals surface area contributed by atoms with E-state index in [0.717, 1.165) is 11.1 Å². The minimum absolute atomic E-state index is 0.0726.